The van der Waals surface area contributed by atoms with Gasteiger partial charge in [-0.1, -0.05) is 26.2 Å². The molecule has 0 radical (unpaired) electrons. The highest BCUT2D eigenvalue weighted by Gasteiger charge is 2.02. The standard InChI is InChI=1S/C9H17NO3/c1-3-4-5-6-7-9(12)13-10-8(2)11/h3-7H2,1-2H3,(H,10,11). The van der Waals surface area contributed by atoms with Crippen LogP contribution in [0.15, 0.2) is 0 Å². The Balaban J connectivity index is 3.25. The van der Waals surface area contributed by atoms with E-state index in [9.17, 15) is 9.59 Å². The second-order valence-corrected chi connectivity index (χ2v) is 2.94. The number of carbonyl (C=O) groups excluding carboxylic acids is 2. The molecule has 0 saturated carbocycles. The predicted molar refractivity (Wildman–Crippen MR) is 48.7 cm³/mol. The van der Waals surface area contributed by atoms with Gasteiger partial charge in [0.1, 0.15) is 0 Å². The fourth-order valence-electron chi connectivity index (χ4n) is 0.876. The molecule has 1 N–H and O–H groups in total. The van der Waals surface area contributed by atoms with Crippen molar-refractivity contribution in [2.24, 2.45) is 0 Å². The Kier molecular flexibility index (Phi) is 6.96. The summed E-state index contributed by atoms with van der Waals surface area (Å²) >= 11 is 0. The van der Waals surface area contributed by atoms with Crippen LogP contribution in [0.3, 0.4) is 0 Å². The molecule has 0 aliphatic carbocycles. The maximum Gasteiger partial charge on any atom is 0.332 e. The summed E-state index contributed by atoms with van der Waals surface area (Å²) in [6.07, 6.45) is 4.51. The summed E-state index contributed by atoms with van der Waals surface area (Å²) in [5.74, 6) is -0.729. The Morgan fingerprint density at radius 1 is 1.23 bits per heavy atom. The van der Waals surface area contributed by atoms with E-state index >= 15 is 0 Å². The molecule has 4 heteroatoms. The van der Waals surface area contributed by atoms with Crippen molar-refractivity contribution in [3.63, 3.8) is 0 Å². The highest BCUT2D eigenvalue weighted by Crippen LogP contribution is 2.02. The molecule has 0 bridgehead atoms. The maximum absolute atomic E-state index is 10.9. The lowest BCUT2D eigenvalue weighted by atomic mass is 10.2. The molecule has 0 fully saturated rings. The lowest BCUT2D eigenvalue weighted by molar-refractivity contribution is -0.157. The van der Waals surface area contributed by atoms with E-state index in [0.717, 1.165) is 25.7 Å². The molecule has 0 aromatic carbocycles. The zero-order valence-electron chi connectivity index (χ0n) is 8.26. The largest absolute Gasteiger partial charge is 0.341 e. The first-order valence-corrected chi connectivity index (χ1v) is 4.63. The van der Waals surface area contributed by atoms with E-state index in [-0.39, 0.29) is 11.9 Å². The summed E-state index contributed by atoms with van der Waals surface area (Å²) < 4.78 is 0. The van der Waals surface area contributed by atoms with Gasteiger partial charge in [-0.05, 0) is 6.42 Å². The summed E-state index contributed by atoms with van der Waals surface area (Å²) in [4.78, 5) is 25.7. The third kappa shape index (κ3) is 8.85. The number of nitrogens with one attached hydrogen (secondary N) is 1. The molecule has 1 amide bonds. The van der Waals surface area contributed by atoms with E-state index in [4.69, 9.17) is 0 Å². The lowest BCUT2D eigenvalue weighted by Gasteiger charge is -2.02. The van der Waals surface area contributed by atoms with Crippen LogP contribution in [-0.4, -0.2) is 11.9 Å². The van der Waals surface area contributed by atoms with E-state index in [1.165, 1.54) is 6.92 Å². The quantitative estimate of drug-likeness (QED) is 0.524. The molecule has 0 unspecified atom stereocenters. The number of unbranched alkanes of at least 4 members (excludes halogenated alkanes) is 3. The number of carbonyl (C=O) groups is 2. The first-order valence-electron chi connectivity index (χ1n) is 4.63. The molecular formula is C9H17NO3. The molecule has 0 heterocycles. The minimum absolute atomic E-state index is 0.359. The Hall–Kier alpha value is -1.06. The van der Waals surface area contributed by atoms with Crippen molar-refractivity contribution in [1.29, 1.82) is 0 Å². The normalized spacial score (nSPS) is 9.38. The number of hydroxylamine groups is 1. The SMILES string of the molecule is CCCCCCC(=O)ONC(C)=O. The van der Waals surface area contributed by atoms with E-state index in [0.29, 0.717) is 6.42 Å². The van der Waals surface area contributed by atoms with Crippen molar-refractivity contribution in [1.82, 2.24) is 5.48 Å². The summed E-state index contributed by atoms with van der Waals surface area (Å²) in [6, 6.07) is 0. The van der Waals surface area contributed by atoms with Crippen LogP contribution in [-0.2, 0) is 14.4 Å². The lowest BCUT2D eigenvalue weighted by Crippen LogP contribution is -2.24. The van der Waals surface area contributed by atoms with Crippen LogP contribution < -0.4 is 5.48 Å². The first-order chi connectivity index (χ1) is 6.16. The van der Waals surface area contributed by atoms with Gasteiger partial charge in [0.05, 0.1) is 0 Å². The number of amides is 1. The molecule has 0 aromatic rings. The van der Waals surface area contributed by atoms with Gasteiger partial charge in [0, 0.05) is 13.3 Å². The van der Waals surface area contributed by atoms with Gasteiger partial charge in [-0.3, -0.25) is 4.79 Å². The highest BCUT2D eigenvalue weighted by molar-refractivity contribution is 5.75. The van der Waals surface area contributed by atoms with Crippen LogP contribution in [0, 0.1) is 0 Å². The van der Waals surface area contributed by atoms with Gasteiger partial charge in [-0.25, -0.2) is 4.79 Å². The van der Waals surface area contributed by atoms with Crippen molar-refractivity contribution in [3.8, 4) is 0 Å². The third-order valence-electron chi connectivity index (χ3n) is 1.54. The van der Waals surface area contributed by atoms with Gasteiger partial charge in [-0.15, -0.1) is 0 Å². The van der Waals surface area contributed by atoms with Crippen LogP contribution in [0.4, 0.5) is 0 Å². The fourth-order valence-corrected chi connectivity index (χ4v) is 0.876. The fraction of sp³-hybridized carbons (Fsp3) is 0.778. The molecule has 0 spiro atoms. The average molecular weight is 187 g/mol. The second kappa shape index (κ2) is 7.58. The van der Waals surface area contributed by atoms with Crippen molar-refractivity contribution in [2.45, 2.75) is 46.0 Å². The summed E-state index contributed by atoms with van der Waals surface area (Å²) in [5, 5.41) is 0. The molecule has 76 valence electrons. The summed E-state index contributed by atoms with van der Waals surface area (Å²) in [7, 11) is 0. The van der Waals surface area contributed by atoms with E-state index in [2.05, 4.69) is 11.8 Å². The van der Waals surface area contributed by atoms with Gasteiger partial charge in [0.15, 0.2) is 0 Å². The molecule has 13 heavy (non-hydrogen) atoms. The van der Waals surface area contributed by atoms with Crippen molar-refractivity contribution < 1.29 is 14.4 Å². The van der Waals surface area contributed by atoms with E-state index < -0.39 is 0 Å². The van der Waals surface area contributed by atoms with Gasteiger partial charge < -0.3 is 4.84 Å². The highest BCUT2D eigenvalue weighted by atomic mass is 16.7. The molecule has 0 rings (SSSR count). The molecular weight excluding hydrogens is 170 g/mol. The Morgan fingerprint density at radius 3 is 2.46 bits per heavy atom. The van der Waals surface area contributed by atoms with Gasteiger partial charge in [-0.2, -0.15) is 5.48 Å². The van der Waals surface area contributed by atoms with Crippen LogP contribution in [0.5, 0.6) is 0 Å². The van der Waals surface area contributed by atoms with Gasteiger partial charge in [0.2, 0.25) is 5.91 Å². The van der Waals surface area contributed by atoms with Crippen LogP contribution >= 0.6 is 0 Å². The van der Waals surface area contributed by atoms with E-state index in [1.807, 2.05) is 5.48 Å². The smallest absolute Gasteiger partial charge is 0.332 e. The molecule has 0 saturated heterocycles. The van der Waals surface area contributed by atoms with Crippen LogP contribution in [0.2, 0.25) is 0 Å². The summed E-state index contributed by atoms with van der Waals surface area (Å²) in [6.45, 7) is 3.40. The average Bonchev–Trinajstić information content (AvgIpc) is 2.09. The minimum atomic E-state index is -0.369. The Labute approximate surface area is 78.6 Å². The topological polar surface area (TPSA) is 55.4 Å². The Morgan fingerprint density at radius 2 is 1.92 bits per heavy atom. The number of hydrogen-bond acceptors (Lipinski definition) is 3. The van der Waals surface area contributed by atoms with Crippen LogP contribution in [0.1, 0.15) is 46.0 Å². The van der Waals surface area contributed by atoms with Crippen molar-refractivity contribution in [2.75, 3.05) is 0 Å². The van der Waals surface area contributed by atoms with Gasteiger partial charge >= 0.3 is 5.97 Å². The molecule has 0 aliphatic rings. The van der Waals surface area contributed by atoms with Gasteiger partial charge in [0.25, 0.3) is 0 Å². The Bertz CT molecular complexity index is 168. The zero-order valence-corrected chi connectivity index (χ0v) is 8.26. The monoisotopic (exact) mass is 187 g/mol. The second-order valence-electron chi connectivity index (χ2n) is 2.94. The van der Waals surface area contributed by atoms with Crippen molar-refractivity contribution >= 4 is 11.9 Å². The third-order valence-corrected chi connectivity index (χ3v) is 1.54. The molecule has 0 aromatic heterocycles. The van der Waals surface area contributed by atoms with Crippen molar-refractivity contribution in [3.05, 3.63) is 0 Å². The molecule has 0 aliphatic heterocycles. The van der Waals surface area contributed by atoms with Crippen LogP contribution in [0.25, 0.3) is 0 Å². The molecule has 4 nitrogen and oxygen atoms in total. The predicted octanol–water partition coefficient (Wildman–Crippen LogP) is 1.55. The first kappa shape index (κ1) is 11.9. The number of rotatable bonds is 5. The number of hydrogen-bond donors (Lipinski definition) is 1. The summed E-state index contributed by atoms with van der Waals surface area (Å²) in [5.41, 5.74) is 2.00. The maximum atomic E-state index is 10.9. The molecule has 0 atom stereocenters. The minimum Gasteiger partial charge on any atom is -0.341 e. The zero-order chi connectivity index (χ0) is 10.1. The van der Waals surface area contributed by atoms with E-state index in [1.54, 1.807) is 0 Å².